The molecule has 0 bridgehead atoms. The highest BCUT2D eigenvalue weighted by atomic mass is 32.2. The largest absolute Gasteiger partial charge is 0.549 e. The molecule has 0 saturated carbocycles. The Kier molecular flexibility index (Phi) is 13.9. The van der Waals surface area contributed by atoms with Crippen LogP contribution in [0.2, 0.25) is 0 Å². The van der Waals surface area contributed by atoms with E-state index in [-0.39, 0.29) is 28.2 Å². The first-order chi connectivity index (χ1) is 23.0. The maximum absolute atomic E-state index is 9.84. The van der Waals surface area contributed by atoms with Crippen LogP contribution < -0.4 is 10.2 Å². The molecule has 0 aromatic heterocycles. The number of carboxylic acids is 2. The number of aliphatic carboxylic acids is 2. The average molecular weight is 657 g/mol. The summed E-state index contributed by atoms with van der Waals surface area (Å²) < 4.78 is 0. The van der Waals surface area contributed by atoms with Crippen LogP contribution in [0.25, 0.3) is 0 Å². The second-order valence-electron chi connectivity index (χ2n) is 10.1. The van der Waals surface area contributed by atoms with E-state index in [0.717, 1.165) is 0 Å². The van der Waals surface area contributed by atoms with Gasteiger partial charge in [-0.15, -0.1) is 0 Å². The van der Waals surface area contributed by atoms with Crippen molar-refractivity contribution in [2.45, 2.75) is 42.7 Å². The van der Waals surface area contributed by atoms with Crippen LogP contribution in [-0.4, -0.2) is 11.9 Å². The third-order valence-corrected chi connectivity index (χ3v) is 11.3. The van der Waals surface area contributed by atoms with Gasteiger partial charge in [0, 0.05) is 5.92 Å². The lowest BCUT2D eigenvalue weighted by Crippen LogP contribution is -2.42. The molecule has 0 N–H and O–H groups in total. The summed E-state index contributed by atoms with van der Waals surface area (Å²) in [6, 6.07) is 64.3. The molecular formula is C41H36O4S2. The standard InChI is InChI=1S/2C18H15S.C5H8O4/c2*1-4-10-16(11-5-1)19(17-12-6-2-7-13-17)18-14-8-3-9-15-18;1-2-3(4(6)7)5(8)9/h2*1-15H;3H,2H2,1H3,(H,6,7)(H,8,9)/q2*+1;/p-2. The van der Waals surface area contributed by atoms with Crippen LogP contribution in [0, 0.1) is 5.92 Å². The van der Waals surface area contributed by atoms with E-state index in [1.165, 1.54) is 36.3 Å². The van der Waals surface area contributed by atoms with Crippen molar-refractivity contribution in [2.24, 2.45) is 5.92 Å². The summed E-state index contributed by atoms with van der Waals surface area (Å²) in [5, 5.41) is 19.7. The maximum Gasteiger partial charge on any atom is 0.166 e. The van der Waals surface area contributed by atoms with E-state index in [9.17, 15) is 19.8 Å². The van der Waals surface area contributed by atoms with Crippen LogP contribution in [0.4, 0.5) is 0 Å². The van der Waals surface area contributed by atoms with Crippen molar-refractivity contribution in [2.75, 3.05) is 0 Å². The van der Waals surface area contributed by atoms with Crippen molar-refractivity contribution in [1.82, 2.24) is 0 Å². The summed E-state index contributed by atoms with van der Waals surface area (Å²) in [4.78, 5) is 27.8. The Morgan fingerprint density at radius 3 is 0.681 bits per heavy atom. The van der Waals surface area contributed by atoms with Gasteiger partial charge in [0.05, 0.1) is 33.7 Å². The highest BCUT2D eigenvalue weighted by molar-refractivity contribution is 7.97. The predicted octanol–water partition coefficient (Wildman–Crippen LogP) is 7.08. The van der Waals surface area contributed by atoms with Crippen molar-refractivity contribution in [3.05, 3.63) is 182 Å². The topological polar surface area (TPSA) is 80.3 Å². The van der Waals surface area contributed by atoms with E-state index in [1.807, 2.05) is 0 Å². The van der Waals surface area contributed by atoms with Gasteiger partial charge in [0.2, 0.25) is 0 Å². The Bertz CT molecular complexity index is 1430. The Balaban J connectivity index is 0.000000171. The minimum absolute atomic E-state index is 0.00463. The third kappa shape index (κ3) is 10.5. The number of carboxylic acid groups (broad SMARTS) is 2. The number of rotatable bonds is 9. The summed E-state index contributed by atoms with van der Waals surface area (Å²) in [5.74, 6) is -4.64. The molecule has 6 aromatic rings. The molecular weight excluding hydrogens is 621 g/mol. The first kappa shape index (κ1) is 34.8. The normalized spacial score (nSPS) is 10.4. The minimum atomic E-state index is -1.59. The van der Waals surface area contributed by atoms with Crippen molar-refractivity contribution < 1.29 is 19.8 Å². The van der Waals surface area contributed by atoms with Crippen LogP contribution in [0.5, 0.6) is 0 Å². The van der Waals surface area contributed by atoms with Gasteiger partial charge in [-0.3, -0.25) is 0 Å². The Hall–Kier alpha value is -5.04. The monoisotopic (exact) mass is 656 g/mol. The second-order valence-corrected chi connectivity index (χ2v) is 14.1. The smallest absolute Gasteiger partial charge is 0.166 e. The van der Waals surface area contributed by atoms with E-state index < -0.39 is 17.9 Å². The molecule has 0 heterocycles. The highest BCUT2D eigenvalue weighted by Crippen LogP contribution is 2.31. The fourth-order valence-electron chi connectivity index (χ4n) is 4.59. The third-order valence-electron chi connectivity index (χ3n) is 6.85. The van der Waals surface area contributed by atoms with Gasteiger partial charge in [0.25, 0.3) is 0 Å². The van der Waals surface area contributed by atoms with Crippen molar-refractivity contribution >= 4 is 33.7 Å². The quantitative estimate of drug-likeness (QED) is 0.123. The molecule has 6 aromatic carbocycles. The Labute approximate surface area is 283 Å². The zero-order valence-electron chi connectivity index (χ0n) is 26.1. The van der Waals surface area contributed by atoms with E-state index in [0.29, 0.717) is 0 Å². The lowest BCUT2D eigenvalue weighted by Gasteiger charge is -2.15. The molecule has 6 heteroatoms. The number of carbonyl (C=O) groups excluding carboxylic acids is 2. The highest BCUT2D eigenvalue weighted by Gasteiger charge is 2.28. The lowest BCUT2D eigenvalue weighted by atomic mass is 10.1. The summed E-state index contributed by atoms with van der Waals surface area (Å²) >= 11 is 0. The summed E-state index contributed by atoms with van der Waals surface area (Å²) in [7, 11) is -0.0293. The van der Waals surface area contributed by atoms with Gasteiger partial charge >= 0.3 is 0 Å². The molecule has 0 aliphatic rings. The molecule has 0 spiro atoms. The zero-order chi connectivity index (χ0) is 33.3. The first-order valence-electron chi connectivity index (χ1n) is 15.2. The van der Waals surface area contributed by atoms with Gasteiger partial charge in [-0.1, -0.05) is 116 Å². The average Bonchev–Trinajstić information content (AvgIpc) is 3.12. The van der Waals surface area contributed by atoms with E-state index in [1.54, 1.807) is 0 Å². The minimum Gasteiger partial charge on any atom is -0.549 e. The van der Waals surface area contributed by atoms with Crippen molar-refractivity contribution in [3.63, 3.8) is 0 Å². The van der Waals surface area contributed by atoms with Gasteiger partial charge in [-0.05, 0) is 79.2 Å². The van der Waals surface area contributed by atoms with E-state index >= 15 is 0 Å². The summed E-state index contributed by atoms with van der Waals surface area (Å²) in [5.41, 5.74) is 0. The van der Waals surface area contributed by atoms with Crippen LogP contribution in [0.15, 0.2) is 211 Å². The van der Waals surface area contributed by atoms with Crippen molar-refractivity contribution in [1.29, 1.82) is 0 Å². The Morgan fingerprint density at radius 2 is 0.574 bits per heavy atom. The van der Waals surface area contributed by atoms with Gasteiger partial charge < -0.3 is 19.8 Å². The predicted molar refractivity (Wildman–Crippen MR) is 187 cm³/mol. The molecule has 0 unspecified atom stereocenters. The van der Waals surface area contributed by atoms with Crippen molar-refractivity contribution in [3.8, 4) is 0 Å². The van der Waals surface area contributed by atoms with E-state index in [4.69, 9.17) is 0 Å². The van der Waals surface area contributed by atoms with Crippen LogP contribution >= 0.6 is 0 Å². The zero-order valence-corrected chi connectivity index (χ0v) is 27.7. The van der Waals surface area contributed by atoms with E-state index in [2.05, 4.69) is 182 Å². The molecule has 0 atom stereocenters. The molecule has 6 rings (SSSR count). The molecule has 0 aliphatic heterocycles. The van der Waals surface area contributed by atoms with Gasteiger partial charge in [0.1, 0.15) is 0 Å². The SMILES string of the molecule is CCC(C(=O)[O-])C(=O)[O-].c1ccc([S+](c2ccccc2)c2ccccc2)cc1.c1ccc([S+](c2ccccc2)c2ccccc2)cc1. The van der Waals surface area contributed by atoms with Gasteiger partial charge in [-0.25, -0.2) is 0 Å². The molecule has 236 valence electrons. The molecule has 0 radical (unpaired) electrons. The fraction of sp³-hybridized carbons (Fsp3) is 0.0732. The number of hydrogen-bond donors (Lipinski definition) is 0. The Morgan fingerprint density at radius 1 is 0.404 bits per heavy atom. The van der Waals surface area contributed by atoms with Gasteiger partial charge in [0.15, 0.2) is 29.4 Å². The second kappa shape index (κ2) is 18.8. The molecule has 0 fully saturated rings. The lowest BCUT2D eigenvalue weighted by molar-refractivity contribution is -0.331. The molecule has 0 aliphatic carbocycles. The van der Waals surface area contributed by atoms with Crippen LogP contribution in [0.3, 0.4) is 0 Å². The number of hydrogen-bond acceptors (Lipinski definition) is 4. The molecule has 0 saturated heterocycles. The number of benzene rings is 6. The molecule has 4 nitrogen and oxygen atoms in total. The maximum atomic E-state index is 9.84. The first-order valence-corrected chi connectivity index (χ1v) is 17.6. The van der Waals surface area contributed by atoms with Gasteiger partial charge in [-0.2, -0.15) is 0 Å². The molecule has 47 heavy (non-hydrogen) atoms. The fourth-order valence-corrected chi connectivity index (χ4v) is 8.79. The number of carbonyl (C=O) groups is 2. The van der Waals surface area contributed by atoms with Crippen LogP contribution in [-0.2, 0) is 31.4 Å². The summed E-state index contributed by atoms with van der Waals surface area (Å²) in [6.07, 6.45) is 0.00463. The summed E-state index contributed by atoms with van der Waals surface area (Å²) in [6.45, 7) is 1.44. The molecule has 0 amide bonds. The van der Waals surface area contributed by atoms with Crippen LogP contribution in [0.1, 0.15) is 13.3 Å².